The van der Waals surface area contributed by atoms with E-state index in [1.165, 1.54) is 44.0 Å². The highest BCUT2D eigenvalue weighted by atomic mass is 31.1. The van der Waals surface area contributed by atoms with Gasteiger partial charge in [-0.2, -0.15) is 0 Å². The van der Waals surface area contributed by atoms with Crippen LogP contribution in [0.2, 0.25) is 0 Å². The molecule has 2 aromatic rings. The third-order valence-electron chi connectivity index (χ3n) is 7.68. The predicted octanol–water partition coefficient (Wildman–Crippen LogP) is 10.7. The largest absolute Gasteiger partial charge is 0.0705 e. The lowest BCUT2D eigenvalue weighted by Gasteiger charge is -2.33. The van der Waals surface area contributed by atoms with E-state index in [4.69, 9.17) is 0 Å². The minimum atomic E-state index is 0.0646. The Labute approximate surface area is 253 Å². The van der Waals surface area contributed by atoms with E-state index in [0.717, 1.165) is 0 Å². The van der Waals surface area contributed by atoms with Gasteiger partial charge in [0, 0.05) is 0 Å². The van der Waals surface area contributed by atoms with Crippen molar-refractivity contribution in [3.63, 3.8) is 0 Å². The molecular weight excluding hydrogens is 518 g/mol. The maximum atomic E-state index is 3.73. The fraction of sp³-hybridized carbons (Fsp3) is 0.632. The fourth-order valence-electron chi connectivity index (χ4n) is 4.97. The molecule has 0 amide bonds. The smallest absolute Gasteiger partial charge is 0.00719 e. The van der Waals surface area contributed by atoms with Gasteiger partial charge in [0.25, 0.3) is 0 Å². The van der Waals surface area contributed by atoms with E-state index in [9.17, 15) is 0 Å². The zero-order chi connectivity index (χ0) is 31.3. The van der Waals surface area contributed by atoms with Crippen molar-refractivity contribution < 1.29 is 0 Å². The van der Waals surface area contributed by atoms with Crippen LogP contribution >= 0.6 is 17.2 Å². The molecule has 0 bridgehead atoms. The van der Waals surface area contributed by atoms with Gasteiger partial charge in [0.05, 0.1) is 0 Å². The minimum absolute atomic E-state index is 0.0646. The normalized spacial score (nSPS) is 14.3. The van der Waals surface area contributed by atoms with Crippen LogP contribution in [-0.2, 0) is 32.5 Å². The van der Waals surface area contributed by atoms with Gasteiger partial charge >= 0.3 is 0 Å². The highest BCUT2D eigenvalue weighted by Gasteiger charge is 2.30. The molecule has 0 spiro atoms. The first-order valence-corrected chi connectivity index (χ1v) is 17.1. The summed E-state index contributed by atoms with van der Waals surface area (Å²) in [7, 11) is 0.964. The average molecular weight is 579 g/mol. The van der Waals surface area contributed by atoms with Crippen molar-refractivity contribution in [1.82, 2.24) is 0 Å². The van der Waals surface area contributed by atoms with E-state index in [2.05, 4.69) is 160 Å². The summed E-state index contributed by atoms with van der Waals surface area (Å²) < 4.78 is 0. The average Bonchev–Trinajstić information content (AvgIpc) is 2.71. The van der Waals surface area contributed by atoms with Crippen LogP contribution in [-0.4, -0.2) is 0 Å². The second-order valence-corrected chi connectivity index (χ2v) is 19.9. The Balaban J connectivity index is 2.73. The van der Waals surface area contributed by atoms with Crippen LogP contribution in [0.1, 0.15) is 158 Å². The van der Waals surface area contributed by atoms with E-state index in [-0.39, 0.29) is 32.5 Å². The Bertz CT molecular complexity index is 1100. The molecular formula is C38H60P2. The van der Waals surface area contributed by atoms with Crippen molar-refractivity contribution >= 4 is 27.8 Å². The lowest BCUT2D eigenvalue weighted by atomic mass is 9.75. The molecule has 0 nitrogen and oxygen atoms in total. The molecule has 0 radical (unpaired) electrons. The second kappa shape index (κ2) is 11.5. The van der Waals surface area contributed by atoms with Crippen LogP contribution in [0.5, 0.6) is 0 Å². The topological polar surface area (TPSA) is 0 Å². The van der Waals surface area contributed by atoms with Crippen molar-refractivity contribution in [2.45, 2.75) is 157 Å². The molecule has 0 aromatic heterocycles. The van der Waals surface area contributed by atoms with Crippen molar-refractivity contribution in [1.29, 1.82) is 0 Å². The lowest BCUT2D eigenvalue weighted by Crippen LogP contribution is -2.30. The zero-order valence-electron chi connectivity index (χ0n) is 29.3. The van der Waals surface area contributed by atoms with Crippen molar-refractivity contribution in [2.24, 2.45) is 0 Å². The SMILES string of the molecule is CC(C)(C)c1cc(C(C)(C)C)c(PC#CPc2c(C(C)(C)C)cc(C(C)(C)C)cc2C(C)(C)C)c(C(C)(C)C)c1. The van der Waals surface area contributed by atoms with Crippen LogP contribution < -0.4 is 10.6 Å². The van der Waals surface area contributed by atoms with E-state index < -0.39 is 0 Å². The monoisotopic (exact) mass is 578 g/mol. The van der Waals surface area contributed by atoms with E-state index >= 15 is 0 Å². The van der Waals surface area contributed by atoms with Gasteiger partial charge in [-0.1, -0.05) is 160 Å². The first-order chi connectivity index (χ1) is 17.6. The molecule has 0 saturated heterocycles. The Hall–Kier alpha value is -1.14. The van der Waals surface area contributed by atoms with Gasteiger partial charge in [0.1, 0.15) is 0 Å². The number of hydrogen-bond donors (Lipinski definition) is 0. The summed E-state index contributed by atoms with van der Waals surface area (Å²) in [4.78, 5) is 0. The number of hydrogen-bond acceptors (Lipinski definition) is 0. The Morgan fingerprint density at radius 3 is 0.700 bits per heavy atom. The number of benzene rings is 2. The van der Waals surface area contributed by atoms with E-state index in [0.29, 0.717) is 17.2 Å². The Morgan fingerprint density at radius 1 is 0.350 bits per heavy atom. The van der Waals surface area contributed by atoms with Gasteiger partial charge in [-0.15, -0.1) is 0 Å². The summed E-state index contributed by atoms with van der Waals surface area (Å²) in [5.41, 5.74) is 16.6. The first-order valence-electron chi connectivity index (χ1n) is 15.1. The highest BCUT2D eigenvalue weighted by Crippen LogP contribution is 2.38. The maximum absolute atomic E-state index is 3.73. The van der Waals surface area contributed by atoms with Crippen molar-refractivity contribution in [3.05, 3.63) is 57.6 Å². The molecule has 2 atom stereocenters. The molecule has 222 valence electrons. The number of rotatable bonds is 2. The molecule has 0 aliphatic heterocycles. The van der Waals surface area contributed by atoms with Gasteiger partial charge in [-0.25, -0.2) is 0 Å². The molecule has 2 aromatic carbocycles. The lowest BCUT2D eigenvalue weighted by molar-refractivity contribution is 0.553. The first kappa shape index (κ1) is 35.1. The van der Waals surface area contributed by atoms with Gasteiger partial charge < -0.3 is 0 Å². The van der Waals surface area contributed by atoms with Crippen LogP contribution in [0.4, 0.5) is 0 Å². The van der Waals surface area contributed by atoms with Crippen molar-refractivity contribution in [3.8, 4) is 11.3 Å². The van der Waals surface area contributed by atoms with Crippen LogP contribution in [0.3, 0.4) is 0 Å². The van der Waals surface area contributed by atoms with Crippen LogP contribution in [0, 0.1) is 11.3 Å². The highest BCUT2D eigenvalue weighted by molar-refractivity contribution is 7.56. The third-order valence-corrected chi connectivity index (χ3v) is 10.0. The Morgan fingerprint density at radius 2 is 0.550 bits per heavy atom. The van der Waals surface area contributed by atoms with Gasteiger partial charge in [-0.3, -0.25) is 0 Å². The molecule has 40 heavy (non-hydrogen) atoms. The Kier molecular flexibility index (Phi) is 10.1. The summed E-state index contributed by atoms with van der Waals surface area (Å²) in [6.45, 7) is 42.2. The standard InChI is InChI=1S/C38H60P2/c1-33(2,3)25-21-27(35(7,8)9)31(28(22-25)36(10,11)12)39-19-20-40-32-29(37(13,14)15)23-26(34(4,5)6)24-30(32)38(16,17)18/h21-24,39-40H,1-18H3. The molecule has 0 aliphatic rings. The molecule has 0 fully saturated rings. The molecule has 2 rings (SSSR count). The fourth-order valence-corrected chi connectivity index (χ4v) is 8.05. The van der Waals surface area contributed by atoms with Crippen LogP contribution in [0.15, 0.2) is 24.3 Å². The zero-order valence-corrected chi connectivity index (χ0v) is 31.3. The van der Waals surface area contributed by atoms with Crippen molar-refractivity contribution in [2.75, 3.05) is 0 Å². The summed E-state index contributed by atoms with van der Waals surface area (Å²) in [5, 5.41) is 2.92. The molecule has 0 heterocycles. The minimum Gasteiger partial charge on any atom is -0.0705 e. The predicted molar refractivity (Wildman–Crippen MR) is 189 cm³/mol. The molecule has 0 aliphatic carbocycles. The molecule has 2 heteroatoms. The second-order valence-electron chi connectivity index (χ2n) is 17.9. The summed E-state index contributed by atoms with van der Waals surface area (Å²) in [5.74, 6) is 0. The summed E-state index contributed by atoms with van der Waals surface area (Å²) in [6.07, 6.45) is 0. The van der Waals surface area contributed by atoms with E-state index in [1.54, 1.807) is 0 Å². The summed E-state index contributed by atoms with van der Waals surface area (Å²) in [6, 6.07) is 9.90. The molecule has 2 unspecified atom stereocenters. The maximum Gasteiger partial charge on any atom is -0.00719 e. The molecule has 0 N–H and O–H groups in total. The third kappa shape index (κ3) is 8.69. The van der Waals surface area contributed by atoms with Gasteiger partial charge in [-0.05, 0) is 93.6 Å². The van der Waals surface area contributed by atoms with Crippen LogP contribution in [0.25, 0.3) is 0 Å². The molecule has 0 saturated carbocycles. The van der Waals surface area contributed by atoms with Gasteiger partial charge in [0.15, 0.2) is 0 Å². The van der Waals surface area contributed by atoms with Gasteiger partial charge in [0.2, 0.25) is 0 Å². The quantitative estimate of drug-likeness (QED) is 0.246. The summed E-state index contributed by atoms with van der Waals surface area (Å²) >= 11 is 0. The van der Waals surface area contributed by atoms with E-state index in [1.807, 2.05) is 0 Å².